The van der Waals surface area contributed by atoms with Crippen molar-refractivity contribution in [2.75, 3.05) is 6.54 Å². The predicted octanol–water partition coefficient (Wildman–Crippen LogP) is 1.52. The van der Waals surface area contributed by atoms with E-state index < -0.39 is 0 Å². The van der Waals surface area contributed by atoms with Gasteiger partial charge in [-0.15, -0.1) is 0 Å². The fourth-order valence-corrected chi connectivity index (χ4v) is 3.05. The van der Waals surface area contributed by atoms with E-state index in [1.807, 2.05) is 47.7 Å². The number of nitrogens with zero attached hydrogens (tertiary/aromatic N) is 4. The minimum atomic E-state index is -0.148. The molecular weight excluding hydrogens is 318 g/mol. The maximum absolute atomic E-state index is 12.4. The molecule has 1 atom stereocenters. The fraction of sp³-hybridized carbons (Fsp3) is 0.444. The SMILES string of the molecule is CC(C)C(=O)N1Cc2ccnn2[C@@H](CC(=O)NCc2ccccn2)C1. The Morgan fingerprint density at radius 2 is 2.12 bits per heavy atom. The molecule has 25 heavy (non-hydrogen) atoms. The van der Waals surface area contributed by atoms with Crippen LogP contribution in [0.3, 0.4) is 0 Å². The van der Waals surface area contributed by atoms with Crippen LogP contribution in [0.15, 0.2) is 36.7 Å². The van der Waals surface area contributed by atoms with Gasteiger partial charge in [0.05, 0.1) is 36.9 Å². The first kappa shape index (κ1) is 17.1. The highest BCUT2D eigenvalue weighted by molar-refractivity contribution is 5.79. The number of fused-ring (bicyclic) bond motifs is 1. The smallest absolute Gasteiger partial charge is 0.225 e. The monoisotopic (exact) mass is 341 g/mol. The van der Waals surface area contributed by atoms with Crippen LogP contribution in [-0.2, 0) is 22.7 Å². The highest BCUT2D eigenvalue weighted by atomic mass is 16.2. The van der Waals surface area contributed by atoms with Crippen molar-refractivity contribution in [2.24, 2.45) is 5.92 Å². The average molecular weight is 341 g/mol. The first-order valence-corrected chi connectivity index (χ1v) is 8.52. The average Bonchev–Trinajstić information content (AvgIpc) is 3.09. The Balaban J connectivity index is 1.64. The van der Waals surface area contributed by atoms with Crippen molar-refractivity contribution >= 4 is 11.8 Å². The van der Waals surface area contributed by atoms with Crippen molar-refractivity contribution in [3.8, 4) is 0 Å². The van der Waals surface area contributed by atoms with E-state index in [9.17, 15) is 9.59 Å². The first-order chi connectivity index (χ1) is 12.0. The minimum absolute atomic E-state index is 0.0619. The quantitative estimate of drug-likeness (QED) is 0.894. The first-order valence-electron chi connectivity index (χ1n) is 8.52. The molecule has 1 N–H and O–H groups in total. The van der Waals surface area contributed by atoms with Crippen molar-refractivity contribution in [3.63, 3.8) is 0 Å². The summed E-state index contributed by atoms with van der Waals surface area (Å²) in [6.07, 6.45) is 3.70. The summed E-state index contributed by atoms with van der Waals surface area (Å²) >= 11 is 0. The number of pyridine rings is 1. The molecule has 0 bridgehead atoms. The number of carbonyl (C=O) groups excluding carboxylic acids is 2. The second-order valence-electron chi connectivity index (χ2n) is 6.60. The van der Waals surface area contributed by atoms with Crippen LogP contribution in [-0.4, -0.2) is 38.0 Å². The Morgan fingerprint density at radius 1 is 1.28 bits per heavy atom. The second-order valence-corrected chi connectivity index (χ2v) is 6.60. The van der Waals surface area contributed by atoms with Crippen LogP contribution in [0.4, 0.5) is 0 Å². The number of aromatic nitrogens is 3. The Kier molecular flexibility index (Phi) is 5.11. The molecule has 0 radical (unpaired) electrons. The van der Waals surface area contributed by atoms with Crippen LogP contribution in [0.25, 0.3) is 0 Å². The lowest BCUT2D eigenvalue weighted by Gasteiger charge is -2.34. The van der Waals surface area contributed by atoms with Gasteiger partial charge in [-0.1, -0.05) is 19.9 Å². The molecule has 0 unspecified atom stereocenters. The third-order valence-electron chi connectivity index (χ3n) is 4.30. The zero-order valence-electron chi connectivity index (χ0n) is 14.6. The van der Waals surface area contributed by atoms with Crippen molar-refractivity contribution in [1.29, 1.82) is 0 Å². The summed E-state index contributed by atoms with van der Waals surface area (Å²) in [5, 5.41) is 7.22. The van der Waals surface area contributed by atoms with Gasteiger partial charge in [-0.3, -0.25) is 19.3 Å². The lowest BCUT2D eigenvalue weighted by Crippen LogP contribution is -2.44. The standard InChI is InChI=1S/C18H23N5O2/c1-13(2)18(25)22-11-15-6-8-21-23(15)16(12-22)9-17(24)20-10-14-5-3-4-7-19-14/h3-8,13,16H,9-12H2,1-2H3,(H,20,24)/t16-/m0/s1. The molecule has 7 heteroatoms. The van der Waals surface area contributed by atoms with E-state index >= 15 is 0 Å². The molecule has 2 amide bonds. The van der Waals surface area contributed by atoms with Gasteiger partial charge in [-0.05, 0) is 18.2 Å². The van der Waals surface area contributed by atoms with Gasteiger partial charge in [0.1, 0.15) is 0 Å². The van der Waals surface area contributed by atoms with E-state index in [2.05, 4.69) is 15.4 Å². The molecule has 0 aliphatic carbocycles. The number of amides is 2. The predicted molar refractivity (Wildman–Crippen MR) is 92.2 cm³/mol. The summed E-state index contributed by atoms with van der Waals surface area (Å²) in [5.41, 5.74) is 1.78. The summed E-state index contributed by atoms with van der Waals surface area (Å²) < 4.78 is 1.87. The number of nitrogens with one attached hydrogen (secondary N) is 1. The summed E-state index contributed by atoms with van der Waals surface area (Å²) in [6, 6.07) is 7.35. The molecule has 0 saturated carbocycles. The zero-order chi connectivity index (χ0) is 17.8. The molecular formula is C18H23N5O2. The van der Waals surface area contributed by atoms with Gasteiger partial charge in [-0.2, -0.15) is 5.10 Å². The van der Waals surface area contributed by atoms with E-state index in [0.717, 1.165) is 11.4 Å². The van der Waals surface area contributed by atoms with Gasteiger partial charge in [-0.25, -0.2) is 0 Å². The van der Waals surface area contributed by atoms with Gasteiger partial charge in [0, 0.05) is 24.9 Å². The fourth-order valence-electron chi connectivity index (χ4n) is 3.05. The van der Waals surface area contributed by atoms with Gasteiger partial charge in [0.15, 0.2) is 0 Å². The van der Waals surface area contributed by atoms with Gasteiger partial charge < -0.3 is 10.2 Å². The van der Waals surface area contributed by atoms with Crippen LogP contribution in [0.5, 0.6) is 0 Å². The largest absolute Gasteiger partial charge is 0.350 e. The molecule has 132 valence electrons. The Hall–Kier alpha value is -2.70. The summed E-state index contributed by atoms with van der Waals surface area (Å²) in [6.45, 7) is 5.23. The highest BCUT2D eigenvalue weighted by Crippen LogP contribution is 2.24. The zero-order valence-corrected chi connectivity index (χ0v) is 14.6. The molecule has 2 aromatic rings. The Bertz CT molecular complexity index is 741. The van der Waals surface area contributed by atoms with Crippen molar-refractivity contribution in [3.05, 3.63) is 48.0 Å². The topological polar surface area (TPSA) is 80.1 Å². The van der Waals surface area contributed by atoms with Gasteiger partial charge >= 0.3 is 0 Å². The van der Waals surface area contributed by atoms with E-state index in [-0.39, 0.29) is 30.2 Å². The Labute approximate surface area is 147 Å². The highest BCUT2D eigenvalue weighted by Gasteiger charge is 2.30. The minimum Gasteiger partial charge on any atom is -0.350 e. The third-order valence-corrected chi connectivity index (χ3v) is 4.30. The molecule has 2 aromatic heterocycles. The lowest BCUT2D eigenvalue weighted by atomic mass is 10.1. The third kappa shape index (κ3) is 4.04. The number of hydrogen-bond donors (Lipinski definition) is 1. The maximum Gasteiger partial charge on any atom is 0.225 e. The van der Waals surface area contributed by atoms with Crippen molar-refractivity contribution in [2.45, 2.75) is 39.4 Å². The number of rotatable bonds is 5. The molecule has 0 fully saturated rings. The normalized spacial score (nSPS) is 16.6. The van der Waals surface area contributed by atoms with E-state index in [1.165, 1.54) is 0 Å². The number of carbonyl (C=O) groups is 2. The summed E-state index contributed by atoms with van der Waals surface area (Å²) in [4.78, 5) is 30.7. The molecule has 1 aliphatic heterocycles. The molecule has 0 spiro atoms. The van der Waals surface area contributed by atoms with Gasteiger partial charge in [0.25, 0.3) is 0 Å². The molecule has 7 nitrogen and oxygen atoms in total. The van der Waals surface area contributed by atoms with Crippen molar-refractivity contribution < 1.29 is 9.59 Å². The number of hydrogen-bond acceptors (Lipinski definition) is 4. The second kappa shape index (κ2) is 7.46. The summed E-state index contributed by atoms with van der Waals surface area (Å²) in [7, 11) is 0. The van der Waals surface area contributed by atoms with E-state index in [1.54, 1.807) is 12.4 Å². The maximum atomic E-state index is 12.4. The Morgan fingerprint density at radius 3 is 2.84 bits per heavy atom. The van der Waals surface area contributed by atoms with E-state index in [4.69, 9.17) is 0 Å². The van der Waals surface area contributed by atoms with Crippen LogP contribution < -0.4 is 5.32 Å². The van der Waals surface area contributed by atoms with E-state index in [0.29, 0.717) is 19.6 Å². The van der Waals surface area contributed by atoms with Crippen LogP contribution in [0.1, 0.15) is 37.7 Å². The molecule has 0 aromatic carbocycles. The van der Waals surface area contributed by atoms with Crippen LogP contribution >= 0.6 is 0 Å². The molecule has 0 saturated heterocycles. The van der Waals surface area contributed by atoms with Crippen LogP contribution in [0.2, 0.25) is 0 Å². The van der Waals surface area contributed by atoms with Crippen molar-refractivity contribution in [1.82, 2.24) is 25.0 Å². The van der Waals surface area contributed by atoms with Gasteiger partial charge in [0.2, 0.25) is 11.8 Å². The summed E-state index contributed by atoms with van der Waals surface area (Å²) in [5.74, 6) is -0.0320. The molecule has 1 aliphatic rings. The molecule has 3 heterocycles. The molecule has 3 rings (SSSR count). The lowest BCUT2D eigenvalue weighted by molar-refractivity contribution is -0.137. The van der Waals surface area contributed by atoms with Crippen LogP contribution in [0, 0.1) is 5.92 Å².